The second-order valence-electron chi connectivity index (χ2n) is 13.7. The maximum atomic E-state index is 6.51. The summed E-state index contributed by atoms with van der Waals surface area (Å²) in [5.74, 6) is 0. The molecule has 0 radical (unpaired) electrons. The Morgan fingerprint density at radius 1 is 0.392 bits per heavy atom. The highest BCUT2D eigenvalue weighted by Gasteiger charge is 2.22. The largest absolute Gasteiger partial charge is 0.454 e. The van der Waals surface area contributed by atoms with E-state index in [2.05, 4.69) is 178 Å². The van der Waals surface area contributed by atoms with Crippen LogP contribution in [-0.2, 0) is 14.1 Å². The van der Waals surface area contributed by atoms with Gasteiger partial charge in [-0.2, -0.15) is 0 Å². The average molecular weight is 663 g/mol. The lowest BCUT2D eigenvalue weighted by molar-refractivity contribution is -0.660. The molecule has 6 aromatic carbocycles. The van der Waals surface area contributed by atoms with Crippen LogP contribution in [-0.4, -0.2) is 0 Å². The number of aryl methyl sites for hydroxylation is 5. The van der Waals surface area contributed by atoms with Crippen LogP contribution in [0.2, 0.25) is 0 Å². The summed E-state index contributed by atoms with van der Waals surface area (Å²) >= 11 is 0. The summed E-state index contributed by atoms with van der Waals surface area (Å²) in [6.45, 7) is 6.43. The second kappa shape index (κ2) is 12.0. The third-order valence-corrected chi connectivity index (χ3v) is 10.4. The molecular formula is C47H38N2O2+2. The first-order chi connectivity index (χ1) is 24.9. The third-order valence-electron chi connectivity index (χ3n) is 10.4. The molecule has 0 saturated heterocycles. The van der Waals surface area contributed by atoms with Crippen molar-refractivity contribution in [3.8, 4) is 22.5 Å². The van der Waals surface area contributed by atoms with Gasteiger partial charge in [-0.1, -0.05) is 84.9 Å². The Labute approximate surface area is 296 Å². The predicted octanol–water partition coefficient (Wildman–Crippen LogP) is 11.4. The van der Waals surface area contributed by atoms with Gasteiger partial charge in [0, 0.05) is 56.6 Å². The fraction of sp³-hybridized carbons (Fsp3) is 0.106. The summed E-state index contributed by atoms with van der Waals surface area (Å²) in [5.41, 5.74) is 12.3. The molecule has 4 aromatic heterocycles. The van der Waals surface area contributed by atoms with E-state index in [0.29, 0.717) is 0 Å². The number of benzene rings is 6. The van der Waals surface area contributed by atoms with Crippen LogP contribution >= 0.6 is 0 Å². The van der Waals surface area contributed by atoms with Gasteiger partial charge in [-0.3, -0.25) is 0 Å². The Hall–Kier alpha value is -6.26. The molecule has 0 aliphatic carbocycles. The van der Waals surface area contributed by atoms with E-state index >= 15 is 0 Å². The van der Waals surface area contributed by atoms with E-state index in [9.17, 15) is 0 Å². The van der Waals surface area contributed by atoms with Crippen molar-refractivity contribution in [1.82, 2.24) is 0 Å². The first-order valence-corrected chi connectivity index (χ1v) is 17.5. The van der Waals surface area contributed by atoms with Crippen LogP contribution in [0.4, 0.5) is 0 Å². The third kappa shape index (κ3) is 4.98. The molecule has 0 N–H and O–H groups in total. The molecule has 0 saturated carbocycles. The summed E-state index contributed by atoms with van der Waals surface area (Å²) < 4.78 is 17.3. The minimum absolute atomic E-state index is 0.966. The molecule has 4 heterocycles. The molecule has 0 spiro atoms. The zero-order valence-electron chi connectivity index (χ0n) is 29.5. The molecular weight excluding hydrogens is 625 g/mol. The van der Waals surface area contributed by atoms with Crippen molar-refractivity contribution in [2.75, 3.05) is 0 Å². The molecule has 0 aliphatic rings. The zero-order chi connectivity index (χ0) is 34.8. The Morgan fingerprint density at radius 3 is 1.43 bits per heavy atom. The Morgan fingerprint density at radius 2 is 0.863 bits per heavy atom. The molecule has 0 unspecified atom stereocenters. The van der Waals surface area contributed by atoms with Gasteiger partial charge in [0.25, 0.3) is 0 Å². The van der Waals surface area contributed by atoms with E-state index in [1.54, 1.807) is 0 Å². The van der Waals surface area contributed by atoms with E-state index in [4.69, 9.17) is 8.83 Å². The van der Waals surface area contributed by atoms with Crippen molar-refractivity contribution in [2.45, 2.75) is 20.8 Å². The number of hydrogen-bond donors (Lipinski definition) is 0. The van der Waals surface area contributed by atoms with Crippen LogP contribution < -0.4 is 9.13 Å². The maximum Gasteiger partial charge on any atom is 0.216 e. The van der Waals surface area contributed by atoms with Gasteiger partial charge in [-0.25, -0.2) is 9.13 Å². The normalized spacial score (nSPS) is 11.6. The van der Waals surface area contributed by atoms with E-state index in [1.807, 2.05) is 6.07 Å². The zero-order valence-corrected chi connectivity index (χ0v) is 29.5. The molecule has 0 bridgehead atoms. The molecule has 0 atom stereocenters. The monoisotopic (exact) mass is 662 g/mol. The number of hydrogen-bond acceptors (Lipinski definition) is 2. The SMILES string of the molecule is Cc1cc[n+](C)c(-c2c(C)ccc3c2oc2c4ccccc4ccc32)c1.Cc1ccc2c(oc3c4ccccc4ccc23)c1-c1cccc[n+]1C. The maximum absolute atomic E-state index is 6.51. The summed E-state index contributed by atoms with van der Waals surface area (Å²) in [7, 11) is 4.16. The minimum Gasteiger partial charge on any atom is -0.454 e. The first kappa shape index (κ1) is 30.8. The van der Waals surface area contributed by atoms with Crippen LogP contribution in [0.1, 0.15) is 16.7 Å². The van der Waals surface area contributed by atoms with Gasteiger partial charge in [-0.05, 0) is 66.4 Å². The van der Waals surface area contributed by atoms with Gasteiger partial charge in [0.2, 0.25) is 11.4 Å². The van der Waals surface area contributed by atoms with Crippen molar-refractivity contribution >= 4 is 65.4 Å². The van der Waals surface area contributed by atoms with Gasteiger partial charge < -0.3 is 8.83 Å². The van der Waals surface area contributed by atoms with E-state index in [-0.39, 0.29) is 0 Å². The lowest BCUT2D eigenvalue weighted by atomic mass is 9.99. The number of furan rings is 2. The first-order valence-electron chi connectivity index (χ1n) is 17.5. The van der Waals surface area contributed by atoms with Crippen LogP contribution in [0.25, 0.3) is 87.9 Å². The number of aromatic nitrogens is 2. The topological polar surface area (TPSA) is 34.0 Å². The lowest BCUT2D eigenvalue weighted by Gasteiger charge is -2.06. The molecule has 0 amide bonds. The quantitative estimate of drug-likeness (QED) is 0.173. The standard InChI is InChI=1S/C24H20NO.C23H18NO/c1-15-12-13-25(3)21(14-15)22-16(2)8-10-20-19-11-9-17-6-4-5-7-18(17)23(19)26-24(20)22;1-15-10-12-19-18-13-11-16-7-3-4-8-17(16)22(18)25-23(19)21(15)20-9-5-6-14-24(20)2/h4-14H,1-3H3;3-14H,1-2H3/q2*+1. The molecule has 51 heavy (non-hydrogen) atoms. The number of pyridine rings is 2. The van der Waals surface area contributed by atoms with Crippen molar-refractivity contribution < 1.29 is 18.0 Å². The van der Waals surface area contributed by atoms with Crippen LogP contribution in [0.5, 0.6) is 0 Å². The van der Waals surface area contributed by atoms with Gasteiger partial charge in [0.1, 0.15) is 36.4 Å². The van der Waals surface area contributed by atoms with E-state index in [1.165, 1.54) is 71.2 Å². The van der Waals surface area contributed by atoms with Gasteiger partial charge in [0.15, 0.2) is 12.4 Å². The summed E-state index contributed by atoms with van der Waals surface area (Å²) in [6.07, 6.45) is 4.19. The molecule has 10 rings (SSSR count). The lowest BCUT2D eigenvalue weighted by Crippen LogP contribution is -2.30. The fourth-order valence-corrected chi connectivity index (χ4v) is 7.68. The number of rotatable bonds is 2. The summed E-state index contributed by atoms with van der Waals surface area (Å²) in [6, 6.07) is 44.9. The van der Waals surface area contributed by atoms with Gasteiger partial charge in [-0.15, -0.1) is 0 Å². The summed E-state index contributed by atoms with van der Waals surface area (Å²) in [5, 5.41) is 9.44. The van der Waals surface area contributed by atoms with Gasteiger partial charge in [0.05, 0.1) is 11.1 Å². The smallest absolute Gasteiger partial charge is 0.216 e. The fourth-order valence-electron chi connectivity index (χ4n) is 7.68. The van der Waals surface area contributed by atoms with Crippen LogP contribution in [0.15, 0.2) is 149 Å². The highest BCUT2D eigenvalue weighted by Crippen LogP contribution is 2.41. The highest BCUT2D eigenvalue weighted by atomic mass is 16.3. The van der Waals surface area contributed by atoms with E-state index < -0.39 is 0 Å². The molecule has 10 aromatic rings. The Balaban J connectivity index is 0.000000137. The van der Waals surface area contributed by atoms with Gasteiger partial charge >= 0.3 is 0 Å². The molecule has 246 valence electrons. The molecule has 4 heteroatoms. The molecule has 0 aliphatic heterocycles. The minimum atomic E-state index is 0.966. The second-order valence-corrected chi connectivity index (χ2v) is 13.7. The average Bonchev–Trinajstić information content (AvgIpc) is 3.72. The Kier molecular flexibility index (Phi) is 7.22. The summed E-state index contributed by atoms with van der Waals surface area (Å²) in [4.78, 5) is 0. The van der Waals surface area contributed by atoms with Crippen molar-refractivity contribution in [3.63, 3.8) is 0 Å². The van der Waals surface area contributed by atoms with Crippen LogP contribution in [0.3, 0.4) is 0 Å². The van der Waals surface area contributed by atoms with E-state index in [0.717, 1.165) is 33.4 Å². The highest BCUT2D eigenvalue weighted by molar-refractivity contribution is 6.18. The molecule has 0 fully saturated rings. The number of nitrogens with zero attached hydrogens (tertiary/aromatic N) is 2. The van der Waals surface area contributed by atoms with Crippen molar-refractivity contribution in [2.24, 2.45) is 14.1 Å². The predicted molar refractivity (Wildman–Crippen MR) is 210 cm³/mol. The molecule has 4 nitrogen and oxygen atoms in total. The van der Waals surface area contributed by atoms with Crippen molar-refractivity contribution in [3.05, 3.63) is 156 Å². The number of fused-ring (bicyclic) bond motifs is 10. The Bertz CT molecular complexity index is 2980. The van der Waals surface area contributed by atoms with Crippen molar-refractivity contribution in [1.29, 1.82) is 0 Å². The van der Waals surface area contributed by atoms with Crippen LogP contribution in [0, 0.1) is 20.8 Å².